The minimum Gasteiger partial charge on any atom is -0.336 e. The number of hydrogen-bond acceptors (Lipinski definition) is 6. The number of thiazole rings is 1. The van der Waals surface area contributed by atoms with Crippen molar-refractivity contribution in [1.82, 2.24) is 20.1 Å². The average Bonchev–Trinajstić information content (AvgIpc) is 3.62. The van der Waals surface area contributed by atoms with Crippen LogP contribution < -0.4 is 5.32 Å². The van der Waals surface area contributed by atoms with E-state index in [9.17, 15) is 9.59 Å². The van der Waals surface area contributed by atoms with Gasteiger partial charge in [-0.1, -0.05) is 54.1 Å². The molecule has 0 bridgehead atoms. The molecule has 1 atom stereocenters. The summed E-state index contributed by atoms with van der Waals surface area (Å²) >= 11 is 9.54. The zero-order chi connectivity index (χ0) is 23.9. The topological polar surface area (TPSA) is 65.5 Å². The van der Waals surface area contributed by atoms with E-state index in [1.54, 1.807) is 10.9 Å². The fraction of sp³-hybridized carbons (Fsp3) is 0.269. The highest BCUT2D eigenvalue weighted by Crippen LogP contribution is 2.38. The van der Waals surface area contributed by atoms with Crippen molar-refractivity contribution in [2.24, 2.45) is 0 Å². The molecule has 4 heterocycles. The number of likely N-dealkylation sites (tertiary alicyclic amines) is 2. The van der Waals surface area contributed by atoms with E-state index in [1.165, 1.54) is 22.7 Å². The van der Waals surface area contributed by atoms with E-state index in [0.717, 1.165) is 34.2 Å². The predicted octanol–water partition coefficient (Wildman–Crippen LogP) is 5.01. The molecule has 4 aromatic rings. The number of nitrogens with one attached hydrogen (secondary N) is 1. The summed E-state index contributed by atoms with van der Waals surface area (Å²) in [5.74, 6) is -0.0157. The van der Waals surface area contributed by atoms with Crippen LogP contribution in [0.1, 0.15) is 26.6 Å². The van der Waals surface area contributed by atoms with Gasteiger partial charge in [0.2, 0.25) is 0 Å². The van der Waals surface area contributed by atoms with Gasteiger partial charge in [-0.2, -0.15) is 0 Å². The molecule has 0 spiro atoms. The van der Waals surface area contributed by atoms with Gasteiger partial charge in [0.25, 0.3) is 11.8 Å². The molecule has 2 aliphatic rings. The van der Waals surface area contributed by atoms with Crippen LogP contribution in [-0.2, 0) is 0 Å². The zero-order valence-corrected chi connectivity index (χ0v) is 21.2. The summed E-state index contributed by atoms with van der Waals surface area (Å²) < 4.78 is 1.02. The smallest absolute Gasteiger partial charge is 0.273 e. The molecule has 2 aromatic carbocycles. The number of halogens is 1. The van der Waals surface area contributed by atoms with Crippen molar-refractivity contribution in [2.75, 3.05) is 26.2 Å². The largest absolute Gasteiger partial charge is 0.336 e. The van der Waals surface area contributed by atoms with E-state index < -0.39 is 0 Å². The number of hydrogen-bond donors (Lipinski definition) is 1. The van der Waals surface area contributed by atoms with Crippen LogP contribution in [0.25, 0.3) is 21.2 Å². The Morgan fingerprint density at radius 2 is 1.77 bits per heavy atom. The monoisotopic (exact) mass is 522 g/mol. The standard InChI is InChI=1S/C26H23ClN4O2S2/c27-23-20-7-6-17(16-4-2-1-3-5-16)10-22(20)35-24(23)26(33)31-12-19(13-31)29-18-8-9-30(11-18)25(32)21-14-34-15-28-21/h1-7,10,14-15,18-19,29H,8-9,11-13H2. The number of thiophene rings is 1. The van der Waals surface area contributed by atoms with Crippen molar-refractivity contribution >= 4 is 56.2 Å². The molecule has 6 nitrogen and oxygen atoms in total. The lowest BCUT2D eigenvalue weighted by atomic mass is 10.0. The molecule has 0 aliphatic carbocycles. The molecule has 2 saturated heterocycles. The SMILES string of the molecule is O=C(c1cscn1)N1CCC(NC2CN(C(=O)c3sc4cc(-c5ccccc5)ccc4c3Cl)C2)C1. The van der Waals surface area contributed by atoms with Crippen LogP contribution in [0.2, 0.25) is 5.02 Å². The van der Waals surface area contributed by atoms with E-state index in [-0.39, 0.29) is 23.9 Å². The Bertz CT molecular complexity index is 1380. The molecule has 0 radical (unpaired) electrons. The maximum Gasteiger partial charge on any atom is 0.273 e. The van der Waals surface area contributed by atoms with E-state index in [4.69, 9.17) is 11.6 Å². The lowest BCUT2D eigenvalue weighted by molar-refractivity contribution is 0.0558. The molecule has 178 valence electrons. The van der Waals surface area contributed by atoms with Crippen LogP contribution in [0.5, 0.6) is 0 Å². The molecular weight excluding hydrogens is 500 g/mol. The summed E-state index contributed by atoms with van der Waals surface area (Å²) in [6, 6.07) is 16.8. The molecule has 1 unspecified atom stereocenters. The molecule has 2 aromatic heterocycles. The Kier molecular flexibility index (Phi) is 6.06. The number of carbonyl (C=O) groups is 2. The molecule has 35 heavy (non-hydrogen) atoms. The van der Waals surface area contributed by atoms with Gasteiger partial charge in [0.1, 0.15) is 10.6 Å². The average molecular weight is 523 g/mol. The number of amides is 2. The fourth-order valence-corrected chi connectivity index (χ4v) is 6.85. The van der Waals surface area contributed by atoms with Gasteiger partial charge in [0, 0.05) is 53.7 Å². The lowest BCUT2D eigenvalue weighted by Gasteiger charge is -2.41. The van der Waals surface area contributed by atoms with Gasteiger partial charge in [0.15, 0.2) is 0 Å². The minimum absolute atomic E-state index is 0.00390. The van der Waals surface area contributed by atoms with E-state index >= 15 is 0 Å². The minimum atomic E-state index is -0.0118. The van der Waals surface area contributed by atoms with Gasteiger partial charge in [-0.3, -0.25) is 9.59 Å². The molecule has 1 N–H and O–H groups in total. The van der Waals surface area contributed by atoms with Crippen molar-refractivity contribution in [3.63, 3.8) is 0 Å². The van der Waals surface area contributed by atoms with Crippen molar-refractivity contribution < 1.29 is 9.59 Å². The summed E-state index contributed by atoms with van der Waals surface area (Å²) in [6.45, 7) is 2.70. The quantitative estimate of drug-likeness (QED) is 0.400. The highest BCUT2D eigenvalue weighted by molar-refractivity contribution is 7.21. The Balaban J connectivity index is 1.07. The highest BCUT2D eigenvalue weighted by atomic mass is 35.5. The lowest BCUT2D eigenvalue weighted by Crippen LogP contribution is -2.62. The van der Waals surface area contributed by atoms with Gasteiger partial charge < -0.3 is 15.1 Å². The third-order valence-corrected chi connectivity index (χ3v) is 8.93. The Labute approximate surface area is 216 Å². The van der Waals surface area contributed by atoms with Gasteiger partial charge in [-0.05, 0) is 23.6 Å². The number of rotatable bonds is 5. The summed E-state index contributed by atoms with van der Waals surface area (Å²) in [5.41, 5.74) is 4.46. The molecule has 9 heteroatoms. The first-order valence-corrected chi connectivity index (χ1v) is 13.7. The Morgan fingerprint density at radius 1 is 0.971 bits per heavy atom. The van der Waals surface area contributed by atoms with Crippen molar-refractivity contribution in [1.29, 1.82) is 0 Å². The van der Waals surface area contributed by atoms with Crippen LogP contribution in [0.15, 0.2) is 59.4 Å². The summed E-state index contributed by atoms with van der Waals surface area (Å²) in [6.07, 6.45) is 0.909. The third-order valence-electron chi connectivity index (χ3n) is 6.70. The first-order chi connectivity index (χ1) is 17.1. The summed E-state index contributed by atoms with van der Waals surface area (Å²) in [5, 5.41) is 6.87. The van der Waals surface area contributed by atoms with Crippen molar-refractivity contribution in [3.8, 4) is 11.1 Å². The number of carbonyl (C=O) groups excluding carboxylic acids is 2. The van der Waals surface area contributed by atoms with Gasteiger partial charge in [0.05, 0.1) is 10.5 Å². The number of aromatic nitrogens is 1. The Morgan fingerprint density at radius 3 is 2.54 bits per heavy atom. The molecular formula is C26H23ClN4O2S2. The van der Waals surface area contributed by atoms with Crippen molar-refractivity contribution in [2.45, 2.75) is 18.5 Å². The molecule has 0 saturated carbocycles. The van der Waals surface area contributed by atoms with Crippen LogP contribution in [0, 0.1) is 0 Å². The maximum absolute atomic E-state index is 13.2. The van der Waals surface area contributed by atoms with Gasteiger partial charge >= 0.3 is 0 Å². The number of fused-ring (bicyclic) bond motifs is 1. The molecule has 2 fully saturated rings. The zero-order valence-electron chi connectivity index (χ0n) is 18.8. The second-order valence-corrected chi connectivity index (χ2v) is 11.2. The summed E-state index contributed by atoms with van der Waals surface area (Å²) in [4.78, 5) is 34.1. The van der Waals surface area contributed by atoms with Crippen LogP contribution in [-0.4, -0.2) is 64.9 Å². The maximum atomic E-state index is 13.2. The molecule has 6 rings (SSSR count). The second kappa shape index (κ2) is 9.35. The summed E-state index contributed by atoms with van der Waals surface area (Å²) in [7, 11) is 0. The highest BCUT2D eigenvalue weighted by Gasteiger charge is 2.36. The second-order valence-electron chi connectivity index (χ2n) is 9.01. The predicted molar refractivity (Wildman–Crippen MR) is 142 cm³/mol. The number of benzene rings is 2. The Hall–Kier alpha value is -2.78. The van der Waals surface area contributed by atoms with E-state index in [2.05, 4.69) is 34.6 Å². The fourth-order valence-electron chi connectivity index (χ4n) is 4.80. The van der Waals surface area contributed by atoms with Crippen LogP contribution >= 0.6 is 34.3 Å². The molecule has 2 aliphatic heterocycles. The van der Waals surface area contributed by atoms with Crippen LogP contribution in [0.3, 0.4) is 0 Å². The van der Waals surface area contributed by atoms with Crippen molar-refractivity contribution in [3.05, 3.63) is 75.0 Å². The molecule has 2 amide bonds. The van der Waals surface area contributed by atoms with Crippen LogP contribution in [0.4, 0.5) is 0 Å². The van der Waals surface area contributed by atoms with Gasteiger partial charge in [-0.25, -0.2) is 4.98 Å². The first-order valence-electron chi connectivity index (χ1n) is 11.6. The van der Waals surface area contributed by atoms with E-state index in [0.29, 0.717) is 35.2 Å². The van der Waals surface area contributed by atoms with Gasteiger partial charge in [-0.15, -0.1) is 22.7 Å². The first kappa shape index (κ1) is 22.7. The normalized spacial score (nSPS) is 18.3. The number of nitrogens with zero attached hydrogens (tertiary/aromatic N) is 3. The third kappa shape index (κ3) is 4.36. The van der Waals surface area contributed by atoms with E-state index in [1.807, 2.05) is 34.1 Å².